The summed E-state index contributed by atoms with van der Waals surface area (Å²) in [5, 5.41) is 3.44. The molecule has 2 unspecified atom stereocenters. The molecule has 1 fully saturated rings. The Balaban J connectivity index is 2.73. The van der Waals surface area contributed by atoms with Gasteiger partial charge in [0.2, 0.25) is 0 Å². The molecular formula is C12H24N2O2. The maximum absolute atomic E-state index is 12.1. The Morgan fingerprint density at radius 3 is 2.69 bits per heavy atom. The summed E-state index contributed by atoms with van der Waals surface area (Å²) in [6, 6.07) is 0.343. The van der Waals surface area contributed by atoms with Gasteiger partial charge < -0.3 is 9.64 Å². The zero-order chi connectivity index (χ0) is 12.2. The number of nitrogens with one attached hydrogen (secondary N) is 1. The Morgan fingerprint density at radius 2 is 2.25 bits per heavy atom. The van der Waals surface area contributed by atoms with Gasteiger partial charge in [-0.05, 0) is 33.7 Å². The highest BCUT2D eigenvalue weighted by Crippen LogP contribution is 2.23. The standard InChI is InChI=1S/C12H24N2O2/c1-5-10(3)13-12(11(15)16-6-2)7-8-14(4)9-12/h10,13H,5-9H2,1-4H3. The van der Waals surface area contributed by atoms with Crippen molar-refractivity contribution in [1.82, 2.24) is 10.2 Å². The van der Waals surface area contributed by atoms with Gasteiger partial charge >= 0.3 is 5.97 Å². The molecule has 0 spiro atoms. The second-order valence-corrected chi connectivity index (χ2v) is 4.74. The van der Waals surface area contributed by atoms with Crippen molar-refractivity contribution >= 4 is 5.97 Å². The smallest absolute Gasteiger partial charge is 0.327 e. The molecule has 1 aliphatic heterocycles. The minimum Gasteiger partial charge on any atom is -0.465 e. The quantitative estimate of drug-likeness (QED) is 0.713. The summed E-state index contributed by atoms with van der Waals surface area (Å²) >= 11 is 0. The van der Waals surface area contributed by atoms with E-state index >= 15 is 0 Å². The minimum absolute atomic E-state index is 0.0975. The van der Waals surface area contributed by atoms with E-state index < -0.39 is 5.54 Å². The number of likely N-dealkylation sites (tertiary alicyclic amines) is 1. The number of nitrogens with zero attached hydrogens (tertiary/aromatic N) is 1. The van der Waals surface area contributed by atoms with E-state index in [-0.39, 0.29) is 5.97 Å². The van der Waals surface area contributed by atoms with Crippen LogP contribution in [0.15, 0.2) is 0 Å². The van der Waals surface area contributed by atoms with Crippen LogP contribution in [0, 0.1) is 0 Å². The fourth-order valence-corrected chi connectivity index (χ4v) is 2.19. The maximum atomic E-state index is 12.1. The van der Waals surface area contributed by atoms with Gasteiger partial charge in [-0.1, -0.05) is 6.92 Å². The highest BCUT2D eigenvalue weighted by molar-refractivity contribution is 5.81. The van der Waals surface area contributed by atoms with E-state index in [0.29, 0.717) is 12.6 Å². The Morgan fingerprint density at radius 1 is 1.56 bits per heavy atom. The monoisotopic (exact) mass is 228 g/mol. The van der Waals surface area contributed by atoms with Crippen LogP contribution in [0.1, 0.15) is 33.6 Å². The molecule has 4 nitrogen and oxygen atoms in total. The fourth-order valence-electron chi connectivity index (χ4n) is 2.19. The van der Waals surface area contributed by atoms with Crippen LogP contribution in [0.2, 0.25) is 0 Å². The molecule has 1 aliphatic rings. The summed E-state index contributed by atoms with van der Waals surface area (Å²) in [6.07, 6.45) is 1.86. The summed E-state index contributed by atoms with van der Waals surface area (Å²) in [4.78, 5) is 14.2. The van der Waals surface area contributed by atoms with Gasteiger partial charge in [-0.2, -0.15) is 0 Å². The first kappa shape index (κ1) is 13.5. The number of rotatable bonds is 5. The second-order valence-electron chi connectivity index (χ2n) is 4.74. The Hall–Kier alpha value is -0.610. The van der Waals surface area contributed by atoms with Crippen LogP contribution in [-0.4, -0.2) is 49.2 Å². The van der Waals surface area contributed by atoms with Crippen molar-refractivity contribution in [2.24, 2.45) is 0 Å². The molecular weight excluding hydrogens is 204 g/mol. The minimum atomic E-state index is -0.486. The van der Waals surface area contributed by atoms with E-state index in [1.54, 1.807) is 0 Å². The van der Waals surface area contributed by atoms with Crippen molar-refractivity contribution in [3.05, 3.63) is 0 Å². The van der Waals surface area contributed by atoms with E-state index in [2.05, 4.69) is 24.1 Å². The average Bonchev–Trinajstić information content (AvgIpc) is 2.61. The molecule has 16 heavy (non-hydrogen) atoms. The zero-order valence-electron chi connectivity index (χ0n) is 10.9. The van der Waals surface area contributed by atoms with Crippen LogP contribution in [0.3, 0.4) is 0 Å². The third kappa shape index (κ3) is 2.95. The van der Waals surface area contributed by atoms with Crippen molar-refractivity contribution in [2.45, 2.75) is 45.2 Å². The van der Waals surface area contributed by atoms with Crippen LogP contribution in [-0.2, 0) is 9.53 Å². The van der Waals surface area contributed by atoms with Gasteiger partial charge in [-0.15, -0.1) is 0 Å². The van der Waals surface area contributed by atoms with Crippen LogP contribution in [0.5, 0.6) is 0 Å². The molecule has 94 valence electrons. The van der Waals surface area contributed by atoms with E-state index in [1.165, 1.54) is 0 Å². The van der Waals surface area contributed by atoms with Crippen molar-refractivity contribution in [2.75, 3.05) is 26.7 Å². The van der Waals surface area contributed by atoms with Crippen molar-refractivity contribution < 1.29 is 9.53 Å². The number of ether oxygens (including phenoxy) is 1. The zero-order valence-corrected chi connectivity index (χ0v) is 10.9. The number of likely N-dealkylation sites (N-methyl/N-ethyl adjacent to an activating group) is 1. The lowest BCUT2D eigenvalue weighted by molar-refractivity contribution is -0.151. The Bertz CT molecular complexity index is 245. The van der Waals surface area contributed by atoms with E-state index in [0.717, 1.165) is 25.9 Å². The highest BCUT2D eigenvalue weighted by atomic mass is 16.5. The second kappa shape index (κ2) is 5.64. The first-order valence-corrected chi connectivity index (χ1v) is 6.17. The van der Waals surface area contributed by atoms with E-state index in [9.17, 15) is 4.79 Å². The van der Waals surface area contributed by atoms with E-state index in [1.807, 2.05) is 14.0 Å². The SMILES string of the molecule is CCOC(=O)C1(NC(C)CC)CCN(C)C1. The van der Waals surface area contributed by atoms with Gasteiger partial charge in [0.15, 0.2) is 0 Å². The van der Waals surface area contributed by atoms with Gasteiger partial charge in [0.1, 0.15) is 5.54 Å². The molecule has 0 radical (unpaired) electrons. The molecule has 1 N–H and O–H groups in total. The van der Waals surface area contributed by atoms with Crippen LogP contribution >= 0.6 is 0 Å². The summed E-state index contributed by atoms with van der Waals surface area (Å²) in [6.45, 7) is 8.23. The van der Waals surface area contributed by atoms with Crippen LogP contribution in [0.25, 0.3) is 0 Å². The van der Waals surface area contributed by atoms with Crippen molar-refractivity contribution in [1.29, 1.82) is 0 Å². The Kier molecular flexibility index (Phi) is 4.74. The number of carbonyl (C=O) groups is 1. The lowest BCUT2D eigenvalue weighted by atomic mass is 9.97. The summed E-state index contributed by atoms with van der Waals surface area (Å²) < 4.78 is 5.19. The lowest BCUT2D eigenvalue weighted by Crippen LogP contribution is -2.57. The molecule has 1 heterocycles. The number of hydrogen-bond donors (Lipinski definition) is 1. The van der Waals surface area contributed by atoms with Gasteiger partial charge in [0.05, 0.1) is 6.61 Å². The topological polar surface area (TPSA) is 41.6 Å². The van der Waals surface area contributed by atoms with Gasteiger partial charge in [0, 0.05) is 19.1 Å². The largest absolute Gasteiger partial charge is 0.465 e. The van der Waals surface area contributed by atoms with Crippen molar-refractivity contribution in [3.8, 4) is 0 Å². The molecule has 0 aromatic heterocycles. The number of esters is 1. The Labute approximate surface area is 98.3 Å². The molecule has 0 aromatic carbocycles. The third-order valence-electron chi connectivity index (χ3n) is 3.26. The molecule has 4 heteroatoms. The molecule has 0 saturated carbocycles. The van der Waals surface area contributed by atoms with Gasteiger partial charge in [-0.3, -0.25) is 5.32 Å². The molecule has 1 saturated heterocycles. The van der Waals surface area contributed by atoms with Gasteiger partial charge in [0.25, 0.3) is 0 Å². The molecule has 0 bridgehead atoms. The fraction of sp³-hybridized carbons (Fsp3) is 0.917. The van der Waals surface area contributed by atoms with E-state index in [4.69, 9.17) is 4.74 Å². The summed E-state index contributed by atoms with van der Waals surface area (Å²) in [7, 11) is 2.04. The molecule has 0 aliphatic carbocycles. The first-order chi connectivity index (χ1) is 7.54. The van der Waals surface area contributed by atoms with Gasteiger partial charge in [-0.25, -0.2) is 4.79 Å². The molecule has 2 atom stereocenters. The first-order valence-electron chi connectivity index (χ1n) is 6.17. The summed E-state index contributed by atoms with van der Waals surface area (Å²) in [5.74, 6) is -0.0975. The predicted octanol–water partition coefficient (Wildman–Crippen LogP) is 1.01. The van der Waals surface area contributed by atoms with Crippen LogP contribution < -0.4 is 5.32 Å². The molecule has 0 aromatic rings. The summed E-state index contributed by atoms with van der Waals surface area (Å²) in [5.41, 5.74) is -0.486. The molecule has 0 amide bonds. The molecule has 1 rings (SSSR count). The lowest BCUT2D eigenvalue weighted by Gasteiger charge is -2.31. The maximum Gasteiger partial charge on any atom is 0.327 e. The highest BCUT2D eigenvalue weighted by Gasteiger charge is 2.45. The van der Waals surface area contributed by atoms with Crippen LogP contribution in [0.4, 0.5) is 0 Å². The number of carbonyl (C=O) groups excluding carboxylic acids is 1. The average molecular weight is 228 g/mol. The normalized spacial score (nSPS) is 28.0. The predicted molar refractivity (Wildman–Crippen MR) is 64.4 cm³/mol. The third-order valence-corrected chi connectivity index (χ3v) is 3.26. The number of hydrogen-bond acceptors (Lipinski definition) is 4. The van der Waals surface area contributed by atoms with Crippen molar-refractivity contribution in [3.63, 3.8) is 0 Å².